The highest BCUT2D eigenvalue weighted by atomic mass is 16.6. The molecular weight excluding hydrogens is 386 g/mol. The molecule has 0 saturated heterocycles. The van der Waals surface area contributed by atoms with Gasteiger partial charge in [-0.05, 0) is 64.7 Å². The van der Waals surface area contributed by atoms with Crippen molar-refractivity contribution in [2.75, 3.05) is 0 Å². The van der Waals surface area contributed by atoms with E-state index in [2.05, 4.69) is 12.2 Å². The molecule has 2 rings (SSSR count). The van der Waals surface area contributed by atoms with Gasteiger partial charge in [0.15, 0.2) is 0 Å². The molecule has 1 heterocycles. The quantitative estimate of drug-likeness (QED) is 0.400. The molecule has 0 aliphatic rings. The maximum Gasteiger partial charge on any atom is 0.408 e. The van der Waals surface area contributed by atoms with E-state index in [0.717, 1.165) is 30.2 Å². The summed E-state index contributed by atoms with van der Waals surface area (Å²) in [5.41, 5.74) is 0.782. The number of carbonyl (C=O) groups excluding carboxylic acids is 2. The Balaban J connectivity index is 2.25. The van der Waals surface area contributed by atoms with E-state index in [0.29, 0.717) is 17.6 Å². The van der Waals surface area contributed by atoms with Gasteiger partial charge in [0.05, 0.1) is 0 Å². The van der Waals surface area contributed by atoms with Crippen LogP contribution in [0.3, 0.4) is 0 Å². The highest BCUT2D eigenvalue weighted by molar-refractivity contribution is 5.87. The van der Waals surface area contributed by atoms with Crippen LogP contribution in [-0.2, 0) is 16.0 Å². The van der Waals surface area contributed by atoms with Crippen LogP contribution in [0.25, 0.3) is 11.0 Å². The third-order valence-electron chi connectivity index (χ3n) is 4.59. The SMILES string of the molecule is CCCCc1cc(=O)oc2c(C)c(OC(=O)[C@H](CC)NC(=O)OC(C)(C)C)ccc12. The number of carbonyl (C=O) groups is 2. The fourth-order valence-electron chi connectivity index (χ4n) is 3.05. The third-order valence-corrected chi connectivity index (χ3v) is 4.59. The highest BCUT2D eigenvalue weighted by Crippen LogP contribution is 2.29. The van der Waals surface area contributed by atoms with Crippen molar-refractivity contribution in [3.63, 3.8) is 0 Å². The van der Waals surface area contributed by atoms with E-state index in [9.17, 15) is 14.4 Å². The van der Waals surface area contributed by atoms with Crippen molar-refractivity contribution in [2.24, 2.45) is 0 Å². The molecule has 1 aromatic heterocycles. The molecule has 0 fully saturated rings. The first-order valence-corrected chi connectivity index (χ1v) is 10.3. The van der Waals surface area contributed by atoms with Crippen LogP contribution in [0.15, 0.2) is 27.4 Å². The van der Waals surface area contributed by atoms with Crippen LogP contribution < -0.4 is 15.7 Å². The standard InChI is InChI=1S/C23H31NO6/c1-7-9-10-15-13-19(25)29-20-14(3)18(12-11-16(15)20)28-21(26)17(8-2)24-22(27)30-23(4,5)6/h11-13,17H,7-10H2,1-6H3,(H,24,27)/t17-/m0/s1. The molecule has 7 nitrogen and oxygen atoms in total. The van der Waals surface area contributed by atoms with Crippen molar-refractivity contribution in [1.82, 2.24) is 5.32 Å². The number of unbranched alkanes of at least 4 members (excludes halogenated alkanes) is 1. The summed E-state index contributed by atoms with van der Waals surface area (Å²) in [5.74, 6) is -0.331. The Bertz CT molecular complexity index is 970. The van der Waals surface area contributed by atoms with Crippen LogP contribution in [0, 0.1) is 6.92 Å². The van der Waals surface area contributed by atoms with Gasteiger partial charge in [-0.2, -0.15) is 0 Å². The van der Waals surface area contributed by atoms with Gasteiger partial charge in [-0.1, -0.05) is 20.3 Å². The van der Waals surface area contributed by atoms with Gasteiger partial charge in [0.1, 0.15) is 23.0 Å². The Labute approximate surface area is 176 Å². The first kappa shape index (κ1) is 23.4. The Hall–Kier alpha value is -2.83. The van der Waals surface area contributed by atoms with Crippen LogP contribution in [0.4, 0.5) is 4.79 Å². The second kappa shape index (κ2) is 9.78. The van der Waals surface area contributed by atoms with E-state index >= 15 is 0 Å². The van der Waals surface area contributed by atoms with Gasteiger partial charge in [-0.3, -0.25) is 0 Å². The fourth-order valence-corrected chi connectivity index (χ4v) is 3.05. The van der Waals surface area contributed by atoms with Crippen molar-refractivity contribution in [2.45, 2.75) is 78.9 Å². The molecule has 0 spiro atoms. The molecule has 1 amide bonds. The van der Waals surface area contributed by atoms with Crippen molar-refractivity contribution in [3.8, 4) is 5.75 Å². The summed E-state index contributed by atoms with van der Waals surface area (Å²) in [6.45, 7) is 10.8. The van der Waals surface area contributed by atoms with Crippen LogP contribution >= 0.6 is 0 Å². The predicted molar refractivity (Wildman–Crippen MR) is 115 cm³/mol. The van der Waals surface area contributed by atoms with Crippen LogP contribution in [0.5, 0.6) is 5.75 Å². The van der Waals surface area contributed by atoms with E-state index in [4.69, 9.17) is 13.9 Å². The number of esters is 1. The second-order valence-electron chi connectivity index (χ2n) is 8.29. The average molecular weight is 418 g/mol. The van der Waals surface area contributed by atoms with Gasteiger partial charge in [0, 0.05) is 17.0 Å². The average Bonchev–Trinajstić information content (AvgIpc) is 2.65. The van der Waals surface area contributed by atoms with Crippen LogP contribution in [0.1, 0.15) is 65.0 Å². The summed E-state index contributed by atoms with van der Waals surface area (Å²) < 4.78 is 16.1. The first-order chi connectivity index (χ1) is 14.1. The number of amides is 1. The molecule has 1 atom stereocenters. The number of ether oxygens (including phenoxy) is 2. The van der Waals surface area contributed by atoms with Crippen molar-refractivity contribution < 1.29 is 23.5 Å². The molecule has 0 radical (unpaired) electrons. The van der Waals surface area contributed by atoms with Crippen LogP contribution in [-0.4, -0.2) is 23.7 Å². The lowest BCUT2D eigenvalue weighted by atomic mass is 10.0. The number of alkyl carbamates (subject to hydrolysis) is 1. The lowest BCUT2D eigenvalue weighted by Crippen LogP contribution is -2.44. The van der Waals surface area contributed by atoms with Gasteiger partial charge in [0.25, 0.3) is 0 Å². The lowest BCUT2D eigenvalue weighted by molar-refractivity contribution is -0.136. The molecule has 0 aliphatic carbocycles. The van der Waals surface area contributed by atoms with Gasteiger partial charge in [-0.15, -0.1) is 0 Å². The molecule has 1 aromatic carbocycles. The Morgan fingerprint density at radius 2 is 1.90 bits per heavy atom. The van der Waals surface area contributed by atoms with Gasteiger partial charge in [0.2, 0.25) is 0 Å². The summed E-state index contributed by atoms with van der Waals surface area (Å²) in [5, 5.41) is 3.36. The Morgan fingerprint density at radius 3 is 2.50 bits per heavy atom. The number of aryl methyl sites for hydroxylation is 2. The summed E-state index contributed by atoms with van der Waals surface area (Å²) in [6, 6.07) is 4.13. The molecule has 1 N–H and O–H groups in total. The van der Waals surface area contributed by atoms with E-state index in [1.165, 1.54) is 6.07 Å². The highest BCUT2D eigenvalue weighted by Gasteiger charge is 2.25. The van der Waals surface area contributed by atoms with Crippen LogP contribution in [0.2, 0.25) is 0 Å². The van der Waals surface area contributed by atoms with E-state index in [1.807, 2.05) is 0 Å². The Kier molecular flexibility index (Phi) is 7.65. The summed E-state index contributed by atoms with van der Waals surface area (Å²) in [4.78, 5) is 36.6. The van der Waals surface area contributed by atoms with Gasteiger partial charge in [-0.25, -0.2) is 14.4 Å². The molecule has 0 bridgehead atoms. The Morgan fingerprint density at radius 1 is 1.20 bits per heavy atom. The van der Waals surface area contributed by atoms with Crippen molar-refractivity contribution >= 4 is 23.0 Å². The summed E-state index contributed by atoms with van der Waals surface area (Å²) >= 11 is 0. The van der Waals surface area contributed by atoms with E-state index in [1.54, 1.807) is 46.8 Å². The fraction of sp³-hybridized carbons (Fsp3) is 0.522. The summed E-state index contributed by atoms with van der Waals surface area (Å²) in [6.07, 6.45) is 2.39. The molecule has 0 aliphatic heterocycles. The third kappa shape index (κ3) is 6.08. The largest absolute Gasteiger partial charge is 0.444 e. The smallest absolute Gasteiger partial charge is 0.408 e. The minimum absolute atomic E-state index is 0.285. The number of nitrogens with one attached hydrogen (secondary N) is 1. The van der Waals surface area contributed by atoms with Gasteiger partial charge >= 0.3 is 17.7 Å². The van der Waals surface area contributed by atoms with E-state index < -0.39 is 29.3 Å². The minimum Gasteiger partial charge on any atom is -0.444 e. The molecular formula is C23H31NO6. The van der Waals surface area contributed by atoms with Crippen molar-refractivity contribution in [3.05, 3.63) is 39.7 Å². The van der Waals surface area contributed by atoms with Crippen molar-refractivity contribution in [1.29, 1.82) is 0 Å². The number of hydrogen-bond donors (Lipinski definition) is 1. The zero-order chi connectivity index (χ0) is 22.5. The number of rotatable bonds is 7. The lowest BCUT2D eigenvalue weighted by Gasteiger charge is -2.22. The molecule has 0 unspecified atom stereocenters. The normalized spacial score (nSPS) is 12.5. The molecule has 164 valence electrons. The molecule has 2 aromatic rings. The molecule has 7 heteroatoms. The zero-order valence-corrected chi connectivity index (χ0v) is 18.6. The topological polar surface area (TPSA) is 94.8 Å². The number of hydrogen-bond acceptors (Lipinski definition) is 6. The summed E-state index contributed by atoms with van der Waals surface area (Å²) in [7, 11) is 0. The number of benzene rings is 1. The molecule has 0 saturated carbocycles. The van der Waals surface area contributed by atoms with E-state index in [-0.39, 0.29) is 5.75 Å². The minimum atomic E-state index is -0.863. The number of fused-ring (bicyclic) bond motifs is 1. The first-order valence-electron chi connectivity index (χ1n) is 10.3. The second-order valence-corrected chi connectivity index (χ2v) is 8.29. The maximum atomic E-state index is 12.6. The predicted octanol–water partition coefficient (Wildman–Crippen LogP) is 4.65. The van der Waals surface area contributed by atoms with Gasteiger partial charge < -0.3 is 19.2 Å². The molecule has 30 heavy (non-hydrogen) atoms. The zero-order valence-electron chi connectivity index (χ0n) is 18.6. The maximum absolute atomic E-state index is 12.6. The monoisotopic (exact) mass is 417 g/mol.